The van der Waals surface area contributed by atoms with Gasteiger partial charge in [-0.1, -0.05) is 13.8 Å². The Hall–Kier alpha value is -2.44. The third-order valence-corrected chi connectivity index (χ3v) is 5.34. The summed E-state index contributed by atoms with van der Waals surface area (Å²) in [7, 11) is 0. The van der Waals surface area contributed by atoms with E-state index in [1.54, 1.807) is 18.6 Å². The lowest BCUT2D eigenvalue weighted by Gasteiger charge is -2.44. The lowest BCUT2D eigenvalue weighted by atomic mass is 9.76. The number of benzene rings is 1. The molecule has 0 unspecified atom stereocenters. The average molecular weight is 385 g/mol. The van der Waals surface area contributed by atoms with Crippen LogP contribution in [0.1, 0.15) is 13.8 Å². The SMILES string of the molecule is CC(C)C1(COc2ccc3c(Nc4cnc(Cl)nc4)nccc3c2)COC1. The van der Waals surface area contributed by atoms with Crippen molar-refractivity contribution in [2.24, 2.45) is 11.3 Å². The molecule has 0 amide bonds. The Balaban J connectivity index is 1.54. The van der Waals surface area contributed by atoms with E-state index in [4.69, 9.17) is 21.1 Å². The van der Waals surface area contributed by atoms with Gasteiger partial charge in [-0.25, -0.2) is 15.0 Å². The maximum absolute atomic E-state index is 6.10. The second-order valence-electron chi connectivity index (χ2n) is 7.21. The number of anilines is 2. The predicted molar refractivity (Wildman–Crippen MR) is 106 cm³/mol. The normalized spacial score (nSPS) is 15.6. The Morgan fingerprint density at radius 1 is 1.19 bits per heavy atom. The van der Waals surface area contributed by atoms with Crippen LogP contribution >= 0.6 is 11.6 Å². The van der Waals surface area contributed by atoms with E-state index < -0.39 is 0 Å². The van der Waals surface area contributed by atoms with Gasteiger partial charge in [-0.05, 0) is 47.2 Å². The summed E-state index contributed by atoms with van der Waals surface area (Å²) in [6.07, 6.45) is 5.01. The number of hydrogen-bond acceptors (Lipinski definition) is 6. The Labute approximate surface area is 162 Å². The monoisotopic (exact) mass is 384 g/mol. The van der Waals surface area contributed by atoms with Crippen LogP contribution in [-0.2, 0) is 4.74 Å². The first-order chi connectivity index (χ1) is 13.1. The molecule has 0 bridgehead atoms. The van der Waals surface area contributed by atoms with E-state index in [1.165, 1.54) is 0 Å². The van der Waals surface area contributed by atoms with Gasteiger partial charge in [0, 0.05) is 11.6 Å². The number of rotatable bonds is 6. The van der Waals surface area contributed by atoms with Crippen molar-refractivity contribution in [1.29, 1.82) is 0 Å². The number of pyridine rings is 1. The van der Waals surface area contributed by atoms with Gasteiger partial charge in [0.05, 0.1) is 43.3 Å². The Morgan fingerprint density at radius 3 is 2.63 bits per heavy atom. The summed E-state index contributed by atoms with van der Waals surface area (Å²) in [4.78, 5) is 12.4. The van der Waals surface area contributed by atoms with Gasteiger partial charge in [-0.2, -0.15) is 0 Å². The molecule has 1 aliphatic rings. The number of fused-ring (bicyclic) bond motifs is 1. The summed E-state index contributed by atoms with van der Waals surface area (Å²) in [5.41, 5.74) is 0.845. The second kappa shape index (κ2) is 7.29. The van der Waals surface area contributed by atoms with Crippen molar-refractivity contribution in [3.8, 4) is 5.75 Å². The highest BCUT2D eigenvalue weighted by atomic mass is 35.5. The van der Waals surface area contributed by atoms with E-state index in [0.717, 1.165) is 41.2 Å². The van der Waals surface area contributed by atoms with Crippen LogP contribution in [-0.4, -0.2) is 34.8 Å². The summed E-state index contributed by atoms with van der Waals surface area (Å²) in [6.45, 7) is 6.63. The third kappa shape index (κ3) is 3.68. The lowest BCUT2D eigenvalue weighted by molar-refractivity contribution is -0.156. The van der Waals surface area contributed by atoms with Crippen LogP contribution in [0.15, 0.2) is 42.9 Å². The molecule has 0 spiro atoms. The smallest absolute Gasteiger partial charge is 0.222 e. The van der Waals surface area contributed by atoms with Gasteiger partial charge in [-0.15, -0.1) is 0 Å². The van der Waals surface area contributed by atoms with Crippen molar-refractivity contribution in [3.63, 3.8) is 0 Å². The molecule has 0 aliphatic carbocycles. The first-order valence-corrected chi connectivity index (χ1v) is 9.27. The standard InChI is InChI=1S/C20H21ClN4O2/c1-13(2)20(10-26-11-20)12-27-16-3-4-17-14(7-16)5-6-22-18(17)25-15-8-23-19(21)24-9-15/h3-9,13H,10-12H2,1-2H3,(H,22,25). The molecule has 1 fully saturated rings. The largest absolute Gasteiger partial charge is 0.493 e. The maximum Gasteiger partial charge on any atom is 0.222 e. The van der Waals surface area contributed by atoms with Crippen molar-refractivity contribution in [1.82, 2.24) is 15.0 Å². The second-order valence-corrected chi connectivity index (χ2v) is 7.54. The van der Waals surface area contributed by atoms with Crippen molar-refractivity contribution < 1.29 is 9.47 Å². The van der Waals surface area contributed by atoms with E-state index in [-0.39, 0.29) is 10.7 Å². The highest BCUT2D eigenvalue weighted by molar-refractivity contribution is 6.28. The molecule has 27 heavy (non-hydrogen) atoms. The van der Waals surface area contributed by atoms with Crippen molar-refractivity contribution >= 4 is 33.9 Å². The quantitative estimate of drug-likeness (QED) is 0.632. The molecule has 1 aromatic carbocycles. The van der Waals surface area contributed by atoms with Crippen LogP contribution in [0.25, 0.3) is 10.8 Å². The molecular formula is C20H21ClN4O2. The number of nitrogens with zero attached hydrogens (tertiary/aromatic N) is 3. The van der Waals surface area contributed by atoms with Gasteiger partial charge >= 0.3 is 0 Å². The first-order valence-electron chi connectivity index (χ1n) is 8.90. The van der Waals surface area contributed by atoms with Gasteiger partial charge in [-0.3, -0.25) is 0 Å². The molecule has 3 heterocycles. The minimum absolute atomic E-state index is 0.120. The molecule has 140 valence electrons. The molecule has 1 aliphatic heterocycles. The average Bonchev–Trinajstić information content (AvgIpc) is 2.62. The van der Waals surface area contributed by atoms with E-state index in [2.05, 4.69) is 34.1 Å². The van der Waals surface area contributed by atoms with Crippen molar-refractivity contribution in [2.45, 2.75) is 13.8 Å². The molecular weight excluding hydrogens is 364 g/mol. The van der Waals surface area contributed by atoms with Gasteiger partial charge < -0.3 is 14.8 Å². The highest BCUT2D eigenvalue weighted by Crippen LogP contribution is 2.36. The minimum Gasteiger partial charge on any atom is -0.493 e. The molecule has 1 N–H and O–H groups in total. The summed E-state index contributed by atoms with van der Waals surface area (Å²) >= 11 is 5.74. The number of ether oxygens (including phenoxy) is 2. The van der Waals surface area contributed by atoms with Gasteiger partial charge in [0.1, 0.15) is 11.6 Å². The Kier molecular flexibility index (Phi) is 4.85. The van der Waals surface area contributed by atoms with Gasteiger partial charge in [0.15, 0.2) is 0 Å². The molecule has 4 rings (SSSR count). The summed E-state index contributed by atoms with van der Waals surface area (Å²) in [6, 6.07) is 7.99. The highest BCUT2D eigenvalue weighted by Gasteiger charge is 2.42. The summed E-state index contributed by atoms with van der Waals surface area (Å²) in [5, 5.41) is 5.48. The Bertz CT molecular complexity index is 942. The van der Waals surface area contributed by atoms with Crippen molar-refractivity contribution in [3.05, 3.63) is 48.1 Å². The number of nitrogens with one attached hydrogen (secondary N) is 1. The molecule has 7 heteroatoms. The van der Waals surface area contributed by atoms with E-state index in [9.17, 15) is 0 Å². The first kappa shape index (κ1) is 17.9. The Morgan fingerprint density at radius 2 is 1.96 bits per heavy atom. The number of halogens is 1. The number of aromatic nitrogens is 3. The zero-order valence-electron chi connectivity index (χ0n) is 15.3. The minimum atomic E-state index is 0.120. The molecule has 0 radical (unpaired) electrons. The van der Waals surface area contributed by atoms with Crippen LogP contribution in [0.3, 0.4) is 0 Å². The zero-order chi connectivity index (χ0) is 18.9. The molecule has 2 aromatic heterocycles. The molecule has 1 saturated heterocycles. The number of hydrogen-bond donors (Lipinski definition) is 1. The van der Waals surface area contributed by atoms with Gasteiger partial charge in [0.2, 0.25) is 5.28 Å². The van der Waals surface area contributed by atoms with Crippen LogP contribution in [0, 0.1) is 11.3 Å². The maximum atomic E-state index is 6.10. The van der Waals surface area contributed by atoms with E-state index in [0.29, 0.717) is 12.5 Å². The lowest BCUT2D eigenvalue weighted by Crippen LogP contribution is -2.50. The van der Waals surface area contributed by atoms with Crippen LogP contribution in [0.2, 0.25) is 5.28 Å². The van der Waals surface area contributed by atoms with Crippen LogP contribution in [0.4, 0.5) is 11.5 Å². The predicted octanol–water partition coefficient (Wildman–Crippen LogP) is 4.47. The zero-order valence-corrected chi connectivity index (χ0v) is 16.0. The van der Waals surface area contributed by atoms with Crippen LogP contribution in [0.5, 0.6) is 5.75 Å². The molecule has 0 saturated carbocycles. The van der Waals surface area contributed by atoms with E-state index >= 15 is 0 Å². The molecule has 6 nitrogen and oxygen atoms in total. The van der Waals surface area contributed by atoms with E-state index in [1.807, 2.05) is 24.3 Å². The summed E-state index contributed by atoms with van der Waals surface area (Å²) < 4.78 is 11.5. The van der Waals surface area contributed by atoms with Crippen molar-refractivity contribution in [2.75, 3.05) is 25.1 Å². The van der Waals surface area contributed by atoms with Crippen LogP contribution < -0.4 is 10.1 Å². The fourth-order valence-corrected chi connectivity index (χ4v) is 3.13. The third-order valence-electron chi connectivity index (χ3n) is 5.15. The molecule has 0 atom stereocenters. The fourth-order valence-electron chi connectivity index (χ4n) is 3.03. The topological polar surface area (TPSA) is 69.2 Å². The molecule has 3 aromatic rings. The fraction of sp³-hybridized carbons (Fsp3) is 0.350. The summed E-state index contributed by atoms with van der Waals surface area (Å²) in [5.74, 6) is 2.10. The van der Waals surface area contributed by atoms with Gasteiger partial charge in [0.25, 0.3) is 0 Å².